The first-order valence-electron chi connectivity index (χ1n) is 5.83. The van der Waals surface area contributed by atoms with Crippen molar-refractivity contribution in [1.29, 1.82) is 0 Å². The van der Waals surface area contributed by atoms with Crippen LogP contribution in [-0.2, 0) is 0 Å². The minimum Gasteiger partial charge on any atom is -0.481 e. The molecule has 0 amide bonds. The van der Waals surface area contributed by atoms with Gasteiger partial charge < -0.3 is 10.1 Å². The number of ether oxygens (including phenoxy) is 1. The number of rotatable bonds is 7. The molecule has 1 aromatic heterocycles. The summed E-state index contributed by atoms with van der Waals surface area (Å²) in [6, 6.07) is 1.74. The standard InChI is InChI=1S/C12H21N3O/c1-10(2)6-4-5-8-13-12-14-9-7-11(15-12)16-3/h7,9-10H,4-6,8H2,1-3H3,(H,13,14,15). The zero-order valence-corrected chi connectivity index (χ0v) is 10.4. The molecule has 1 aromatic rings. The highest BCUT2D eigenvalue weighted by Gasteiger charge is 1.98. The summed E-state index contributed by atoms with van der Waals surface area (Å²) in [7, 11) is 1.61. The van der Waals surface area contributed by atoms with Crippen LogP contribution in [0.4, 0.5) is 5.95 Å². The lowest BCUT2D eigenvalue weighted by atomic mass is 10.1. The number of hydrogen-bond acceptors (Lipinski definition) is 4. The van der Waals surface area contributed by atoms with Crippen LogP contribution in [0.25, 0.3) is 0 Å². The van der Waals surface area contributed by atoms with Crippen molar-refractivity contribution in [2.24, 2.45) is 5.92 Å². The van der Waals surface area contributed by atoms with Crippen molar-refractivity contribution in [1.82, 2.24) is 9.97 Å². The maximum Gasteiger partial charge on any atom is 0.225 e. The number of anilines is 1. The molecule has 0 spiro atoms. The molecule has 0 aromatic carbocycles. The van der Waals surface area contributed by atoms with Gasteiger partial charge in [-0.05, 0) is 12.3 Å². The fraction of sp³-hybridized carbons (Fsp3) is 0.667. The van der Waals surface area contributed by atoms with Crippen LogP contribution >= 0.6 is 0 Å². The number of aromatic nitrogens is 2. The summed E-state index contributed by atoms with van der Waals surface area (Å²) in [6.07, 6.45) is 5.37. The van der Waals surface area contributed by atoms with Crippen molar-refractivity contribution in [3.63, 3.8) is 0 Å². The van der Waals surface area contributed by atoms with Gasteiger partial charge in [0.25, 0.3) is 0 Å². The van der Waals surface area contributed by atoms with E-state index in [1.165, 1.54) is 12.8 Å². The minimum atomic E-state index is 0.597. The molecule has 90 valence electrons. The highest BCUT2D eigenvalue weighted by molar-refractivity contribution is 5.26. The number of nitrogens with zero attached hydrogens (tertiary/aromatic N) is 2. The summed E-state index contributed by atoms with van der Waals surface area (Å²) in [5.74, 6) is 2.02. The molecule has 16 heavy (non-hydrogen) atoms. The predicted octanol–water partition coefficient (Wildman–Crippen LogP) is 2.72. The van der Waals surface area contributed by atoms with Gasteiger partial charge in [0, 0.05) is 18.8 Å². The average Bonchev–Trinajstić information content (AvgIpc) is 2.28. The fourth-order valence-electron chi connectivity index (χ4n) is 1.42. The van der Waals surface area contributed by atoms with E-state index in [1.54, 1.807) is 19.4 Å². The third-order valence-electron chi connectivity index (χ3n) is 2.33. The van der Waals surface area contributed by atoms with Gasteiger partial charge in [-0.15, -0.1) is 0 Å². The lowest BCUT2D eigenvalue weighted by Gasteiger charge is -2.06. The molecule has 0 atom stereocenters. The number of nitrogens with one attached hydrogen (secondary N) is 1. The maximum absolute atomic E-state index is 5.02. The smallest absolute Gasteiger partial charge is 0.225 e. The van der Waals surface area contributed by atoms with Gasteiger partial charge in [0.2, 0.25) is 11.8 Å². The van der Waals surface area contributed by atoms with Gasteiger partial charge in [-0.3, -0.25) is 0 Å². The van der Waals surface area contributed by atoms with Crippen LogP contribution in [0.2, 0.25) is 0 Å². The molecule has 1 rings (SSSR count). The molecular formula is C12H21N3O. The van der Waals surface area contributed by atoms with Crippen LogP contribution in [0.3, 0.4) is 0 Å². The van der Waals surface area contributed by atoms with Crippen molar-refractivity contribution < 1.29 is 4.74 Å². The van der Waals surface area contributed by atoms with E-state index in [0.29, 0.717) is 11.8 Å². The summed E-state index contributed by atoms with van der Waals surface area (Å²) in [6.45, 7) is 5.41. The molecule has 0 aliphatic carbocycles. The summed E-state index contributed by atoms with van der Waals surface area (Å²) >= 11 is 0. The molecule has 1 N–H and O–H groups in total. The summed E-state index contributed by atoms with van der Waals surface area (Å²) in [5.41, 5.74) is 0. The molecular weight excluding hydrogens is 202 g/mol. The Morgan fingerprint density at radius 3 is 2.88 bits per heavy atom. The Balaban J connectivity index is 2.21. The van der Waals surface area contributed by atoms with Gasteiger partial charge >= 0.3 is 0 Å². The zero-order valence-electron chi connectivity index (χ0n) is 10.4. The third kappa shape index (κ3) is 4.96. The van der Waals surface area contributed by atoms with Crippen LogP contribution in [0, 0.1) is 5.92 Å². The minimum absolute atomic E-state index is 0.597. The second-order valence-electron chi connectivity index (χ2n) is 4.24. The van der Waals surface area contributed by atoms with E-state index >= 15 is 0 Å². The van der Waals surface area contributed by atoms with Crippen molar-refractivity contribution >= 4 is 5.95 Å². The summed E-state index contributed by atoms with van der Waals surface area (Å²) < 4.78 is 5.02. The van der Waals surface area contributed by atoms with E-state index < -0.39 is 0 Å². The van der Waals surface area contributed by atoms with Crippen molar-refractivity contribution in [3.05, 3.63) is 12.3 Å². The van der Waals surface area contributed by atoms with Crippen LogP contribution in [0.5, 0.6) is 5.88 Å². The van der Waals surface area contributed by atoms with E-state index in [9.17, 15) is 0 Å². The Morgan fingerprint density at radius 2 is 2.19 bits per heavy atom. The Hall–Kier alpha value is -1.32. The molecule has 0 saturated carbocycles. The van der Waals surface area contributed by atoms with E-state index in [0.717, 1.165) is 18.9 Å². The largest absolute Gasteiger partial charge is 0.481 e. The van der Waals surface area contributed by atoms with Gasteiger partial charge in [0.15, 0.2) is 0 Å². The van der Waals surface area contributed by atoms with Gasteiger partial charge in [-0.25, -0.2) is 4.98 Å². The second-order valence-corrected chi connectivity index (χ2v) is 4.24. The molecule has 0 saturated heterocycles. The summed E-state index contributed by atoms with van der Waals surface area (Å²) in [5, 5.41) is 3.19. The van der Waals surface area contributed by atoms with E-state index in [2.05, 4.69) is 29.1 Å². The molecule has 4 heteroatoms. The monoisotopic (exact) mass is 223 g/mol. The molecule has 0 fully saturated rings. The molecule has 1 heterocycles. The maximum atomic E-state index is 5.02. The van der Waals surface area contributed by atoms with Crippen molar-refractivity contribution in [2.75, 3.05) is 19.0 Å². The van der Waals surface area contributed by atoms with Crippen molar-refractivity contribution in [2.45, 2.75) is 33.1 Å². The lowest BCUT2D eigenvalue weighted by Crippen LogP contribution is -2.06. The number of unbranched alkanes of at least 4 members (excludes halogenated alkanes) is 1. The van der Waals surface area contributed by atoms with Crippen molar-refractivity contribution in [3.8, 4) is 5.88 Å². The normalized spacial score (nSPS) is 10.5. The third-order valence-corrected chi connectivity index (χ3v) is 2.33. The van der Waals surface area contributed by atoms with Crippen LogP contribution in [0.1, 0.15) is 33.1 Å². The van der Waals surface area contributed by atoms with E-state index in [-0.39, 0.29) is 0 Å². The Labute approximate surface area is 97.5 Å². The highest BCUT2D eigenvalue weighted by atomic mass is 16.5. The SMILES string of the molecule is COc1ccnc(NCCCCC(C)C)n1. The summed E-state index contributed by atoms with van der Waals surface area (Å²) in [4.78, 5) is 8.30. The molecule has 0 radical (unpaired) electrons. The zero-order chi connectivity index (χ0) is 11.8. The molecule has 0 bridgehead atoms. The Morgan fingerprint density at radius 1 is 1.38 bits per heavy atom. The van der Waals surface area contributed by atoms with E-state index in [1.807, 2.05) is 0 Å². The Bertz CT molecular complexity index is 302. The molecule has 0 aliphatic heterocycles. The van der Waals surface area contributed by atoms with Crippen LogP contribution in [0.15, 0.2) is 12.3 Å². The number of methoxy groups -OCH3 is 1. The number of hydrogen-bond donors (Lipinski definition) is 1. The van der Waals surface area contributed by atoms with E-state index in [4.69, 9.17) is 4.74 Å². The quantitative estimate of drug-likeness (QED) is 0.722. The first-order chi connectivity index (χ1) is 7.72. The predicted molar refractivity (Wildman–Crippen MR) is 65.8 cm³/mol. The highest BCUT2D eigenvalue weighted by Crippen LogP contribution is 2.09. The fourth-order valence-corrected chi connectivity index (χ4v) is 1.42. The Kier molecular flexibility index (Phi) is 5.61. The van der Waals surface area contributed by atoms with Crippen LogP contribution < -0.4 is 10.1 Å². The molecule has 0 unspecified atom stereocenters. The van der Waals surface area contributed by atoms with Gasteiger partial charge in [-0.1, -0.05) is 26.7 Å². The lowest BCUT2D eigenvalue weighted by molar-refractivity contribution is 0.397. The first-order valence-corrected chi connectivity index (χ1v) is 5.83. The van der Waals surface area contributed by atoms with Gasteiger partial charge in [0.05, 0.1) is 7.11 Å². The topological polar surface area (TPSA) is 47.0 Å². The van der Waals surface area contributed by atoms with Crippen LogP contribution in [-0.4, -0.2) is 23.6 Å². The van der Waals surface area contributed by atoms with Gasteiger partial charge in [0.1, 0.15) is 0 Å². The van der Waals surface area contributed by atoms with Gasteiger partial charge in [-0.2, -0.15) is 4.98 Å². The molecule has 4 nitrogen and oxygen atoms in total. The second kappa shape index (κ2) is 7.04. The molecule has 0 aliphatic rings. The average molecular weight is 223 g/mol. The first kappa shape index (κ1) is 12.7.